The molecule has 0 spiro atoms. The lowest BCUT2D eigenvalue weighted by atomic mass is 9.82. The number of allylic oxidation sites excluding steroid dienone is 4. The summed E-state index contributed by atoms with van der Waals surface area (Å²) in [5.41, 5.74) is 9.03. The highest BCUT2D eigenvalue weighted by molar-refractivity contribution is 5.58. The van der Waals surface area contributed by atoms with Gasteiger partial charge in [-0.3, -0.25) is 0 Å². The third kappa shape index (κ3) is 4.12. The summed E-state index contributed by atoms with van der Waals surface area (Å²) in [5.74, 6) is 0. The molecule has 0 aliphatic carbocycles. The molecule has 0 aromatic heterocycles. The van der Waals surface area contributed by atoms with Crippen molar-refractivity contribution in [2.75, 3.05) is 18.4 Å². The number of nitrogens with zero attached hydrogens (tertiary/aromatic N) is 2. The number of nitrogens with one attached hydrogen (secondary N) is 1. The highest BCUT2D eigenvalue weighted by atomic mass is 15.2. The standard InChI is InChI=1S/C27H35N3/c1-19-15-24(22(4)28-25-10-8-7-9-20(25)2)26-17-23(16-21(3)30(26)18-19)29-13-11-27(5,6)12-14-29/h7-10,15-18,22,28H,3,11-14H2,1-2,4-6H3. The lowest BCUT2D eigenvalue weighted by molar-refractivity contribution is 0.164. The van der Waals surface area contributed by atoms with Crippen LogP contribution in [0.4, 0.5) is 5.69 Å². The van der Waals surface area contributed by atoms with E-state index in [9.17, 15) is 0 Å². The van der Waals surface area contributed by atoms with Crippen LogP contribution in [0, 0.1) is 12.3 Å². The van der Waals surface area contributed by atoms with E-state index in [4.69, 9.17) is 0 Å². The van der Waals surface area contributed by atoms with Crippen molar-refractivity contribution in [3.8, 4) is 0 Å². The minimum Gasteiger partial charge on any atom is -0.378 e. The predicted octanol–water partition coefficient (Wildman–Crippen LogP) is 6.36. The fourth-order valence-electron chi connectivity index (χ4n) is 4.53. The quantitative estimate of drug-likeness (QED) is 0.633. The molecular formula is C27H35N3. The number of para-hydroxylation sites is 1. The second-order valence-corrected chi connectivity index (χ2v) is 9.77. The van der Waals surface area contributed by atoms with E-state index in [0.29, 0.717) is 5.41 Å². The summed E-state index contributed by atoms with van der Waals surface area (Å²) in [7, 11) is 0. The lowest BCUT2D eigenvalue weighted by Gasteiger charge is -2.42. The first-order valence-electron chi connectivity index (χ1n) is 11.1. The molecule has 0 saturated carbocycles. The number of piperidine rings is 1. The first kappa shape index (κ1) is 20.6. The summed E-state index contributed by atoms with van der Waals surface area (Å²) in [6.45, 7) is 17.9. The van der Waals surface area contributed by atoms with Crippen LogP contribution in [0.2, 0.25) is 0 Å². The van der Waals surface area contributed by atoms with Gasteiger partial charge in [-0.05, 0) is 74.0 Å². The number of likely N-dealkylation sites (tertiary alicyclic amines) is 1. The first-order valence-corrected chi connectivity index (χ1v) is 11.1. The van der Waals surface area contributed by atoms with Crippen molar-refractivity contribution in [1.82, 2.24) is 9.80 Å². The number of aryl methyl sites for hydroxylation is 1. The zero-order valence-corrected chi connectivity index (χ0v) is 19.1. The molecule has 1 unspecified atom stereocenters. The van der Waals surface area contributed by atoms with E-state index in [1.54, 1.807) is 0 Å². The van der Waals surface area contributed by atoms with Gasteiger partial charge in [0.1, 0.15) is 0 Å². The van der Waals surface area contributed by atoms with Crippen molar-refractivity contribution in [3.05, 3.63) is 89.1 Å². The first-order chi connectivity index (χ1) is 14.2. The second kappa shape index (κ2) is 7.86. The fraction of sp³-hybridized carbons (Fsp3) is 0.407. The van der Waals surface area contributed by atoms with Crippen molar-refractivity contribution in [2.45, 2.75) is 53.5 Å². The largest absolute Gasteiger partial charge is 0.378 e. The van der Waals surface area contributed by atoms with Gasteiger partial charge in [0.15, 0.2) is 0 Å². The normalized spacial score (nSPS) is 21.8. The summed E-state index contributed by atoms with van der Waals surface area (Å²) in [6.07, 6.45) is 11.6. The van der Waals surface area contributed by atoms with E-state index in [0.717, 1.165) is 18.8 Å². The van der Waals surface area contributed by atoms with Gasteiger partial charge in [0.25, 0.3) is 0 Å². The Bertz CT molecular complexity index is 964. The molecule has 1 fully saturated rings. The average molecular weight is 402 g/mol. The molecule has 0 bridgehead atoms. The molecule has 1 aromatic carbocycles. The maximum atomic E-state index is 4.39. The Morgan fingerprint density at radius 2 is 1.73 bits per heavy atom. The number of anilines is 1. The molecular weight excluding hydrogens is 366 g/mol. The molecule has 3 heterocycles. The number of hydrogen-bond donors (Lipinski definition) is 1. The number of hydrogen-bond acceptors (Lipinski definition) is 3. The van der Waals surface area contributed by atoms with Crippen LogP contribution in [-0.2, 0) is 0 Å². The number of fused-ring (bicyclic) bond motifs is 1. The van der Waals surface area contributed by atoms with Gasteiger partial charge in [-0.2, -0.15) is 0 Å². The Balaban J connectivity index is 1.62. The summed E-state index contributed by atoms with van der Waals surface area (Å²) in [5, 5.41) is 3.73. The van der Waals surface area contributed by atoms with Crippen LogP contribution >= 0.6 is 0 Å². The third-order valence-corrected chi connectivity index (χ3v) is 6.65. The molecule has 4 rings (SSSR count). The van der Waals surface area contributed by atoms with Crippen LogP contribution < -0.4 is 5.32 Å². The van der Waals surface area contributed by atoms with E-state index < -0.39 is 0 Å². The predicted molar refractivity (Wildman–Crippen MR) is 128 cm³/mol. The van der Waals surface area contributed by atoms with Crippen LogP contribution in [0.5, 0.6) is 0 Å². The topological polar surface area (TPSA) is 18.5 Å². The number of benzene rings is 1. The van der Waals surface area contributed by atoms with E-state index in [2.05, 4.69) is 105 Å². The molecule has 3 nitrogen and oxygen atoms in total. The summed E-state index contributed by atoms with van der Waals surface area (Å²) in [4.78, 5) is 4.78. The fourth-order valence-corrected chi connectivity index (χ4v) is 4.53. The van der Waals surface area contributed by atoms with E-state index in [1.807, 2.05) is 0 Å². The molecule has 3 heteroatoms. The van der Waals surface area contributed by atoms with Crippen LogP contribution in [0.25, 0.3) is 0 Å². The summed E-state index contributed by atoms with van der Waals surface area (Å²) in [6, 6.07) is 8.68. The SMILES string of the molecule is C=C1C=C(N2CCC(C)(C)CC2)C=C2C(C(C)Nc3ccccc3C)=CC(C)=CN12. The third-order valence-electron chi connectivity index (χ3n) is 6.65. The average Bonchev–Trinajstić information content (AvgIpc) is 2.69. The molecule has 1 N–H and O–H groups in total. The van der Waals surface area contributed by atoms with Gasteiger partial charge in [-0.15, -0.1) is 0 Å². The Labute approximate surface area is 182 Å². The van der Waals surface area contributed by atoms with E-state index in [-0.39, 0.29) is 6.04 Å². The maximum Gasteiger partial charge on any atom is 0.0528 e. The van der Waals surface area contributed by atoms with Gasteiger partial charge in [-0.25, -0.2) is 0 Å². The minimum absolute atomic E-state index is 0.191. The Kier molecular flexibility index (Phi) is 5.40. The smallest absolute Gasteiger partial charge is 0.0528 e. The summed E-state index contributed by atoms with van der Waals surface area (Å²) >= 11 is 0. The van der Waals surface area contributed by atoms with Crippen LogP contribution in [-0.4, -0.2) is 28.9 Å². The van der Waals surface area contributed by atoms with Crippen molar-refractivity contribution in [1.29, 1.82) is 0 Å². The van der Waals surface area contributed by atoms with Gasteiger partial charge in [0.2, 0.25) is 0 Å². The highest BCUT2D eigenvalue weighted by Gasteiger charge is 2.30. The van der Waals surface area contributed by atoms with E-state index >= 15 is 0 Å². The Morgan fingerprint density at radius 3 is 2.43 bits per heavy atom. The van der Waals surface area contributed by atoms with Crippen molar-refractivity contribution in [3.63, 3.8) is 0 Å². The molecule has 0 amide bonds. The molecule has 0 radical (unpaired) electrons. The molecule has 1 aromatic rings. The Morgan fingerprint density at radius 1 is 1.03 bits per heavy atom. The zero-order valence-electron chi connectivity index (χ0n) is 19.1. The maximum absolute atomic E-state index is 4.39. The van der Waals surface area contributed by atoms with Gasteiger partial charge in [-0.1, -0.05) is 44.7 Å². The second-order valence-electron chi connectivity index (χ2n) is 9.77. The Hall–Kier alpha value is -2.68. The monoisotopic (exact) mass is 401 g/mol. The van der Waals surface area contributed by atoms with Crippen molar-refractivity contribution >= 4 is 5.69 Å². The summed E-state index contributed by atoms with van der Waals surface area (Å²) < 4.78 is 0. The van der Waals surface area contributed by atoms with Crippen molar-refractivity contribution < 1.29 is 0 Å². The lowest BCUT2D eigenvalue weighted by Crippen LogP contribution is -2.38. The molecule has 1 saturated heterocycles. The molecule has 30 heavy (non-hydrogen) atoms. The zero-order chi connectivity index (χ0) is 21.5. The van der Waals surface area contributed by atoms with Crippen molar-refractivity contribution in [2.24, 2.45) is 5.41 Å². The van der Waals surface area contributed by atoms with Gasteiger partial charge < -0.3 is 15.1 Å². The highest BCUT2D eigenvalue weighted by Crippen LogP contribution is 2.38. The van der Waals surface area contributed by atoms with E-state index in [1.165, 1.54) is 46.6 Å². The van der Waals surface area contributed by atoms with Crippen LogP contribution in [0.1, 0.15) is 46.1 Å². The van der Waals surface area contributed by atoms with Gasteiger partial charge >= 0.3 is 0 Å². The van der Waals surface area contributed by atoms with Gasteiger partial charge in [0.05, 0.1) is 11.7 Å². The number of rotatable bonds is 4. The molecule has 3 aliphatic rings. The van der Waals surface area contributed by atoms with Crippen LogP contribution in [0.3, 0.4) is 0 Å². The minimum atomic E-state index is 0.191. The molecule has 3 aliphatic heterocycles. The van der Waals surface area contributed by atoms with Crippen LogP contribution in [0.15, 0.2) is 83.5 Å². The molecule has 1 atom stereocenters. The van der Waals surface area contributed by atoms with Gasteiger partial charge in [0, 0.05) is 36.4 Å². The molecule has 158 valence electrons.